The van der Waals surface area contributed by atoms with Crippen LogP contribution in [0.3, 0.4) is 0 Å². The summed E-state index contributed by atoms with van der Waals surface area (Å²) in [5, 5.41) is 13.5. The molecule has 19 heavy (non-hydrogen) atoms. The lowest BCUT2D eigenvalue weighted by molar-refractivity contribution is 0.00299. The van der Waals surface area contributed by atoms with Crippen LogP contribution in [0.5, 0.6) is 0 Å². The summed E-state index contributed by atoms with van der Waals surface area (Å²) >= 11 is 0. The van der Waals surface area contributed by atoms with Crippen molar-refractivity contribution in [2.75, 3.05) is 6.54 Å². The summed E-state index contributed by atoms with van der Waals surface area (Å²) in [5.41, 5.74) is -0.102. The first-order valence-corrected chi connectivity index (χ1v) is 6.90. The largest absolute Gasteiger partial charge is 0.389 e. The summed E-state index contributed by atoms with van der Waals surface area (Å²) in [7, 11) is 0. The van der Waals surface area contributed by atoms with Crippen LogP contribution in [0.15, 0.2) is 18.2 Å². The van der Waals surface area contributed by atoms with Crippen LogP contribution in [0.25, 0.3) is 0 Å². The number of rotatable bonds is 4. The van der Waals surface area contributed by atoms with Gasteiger partial charge in [0.1, 0.15) is 11.6 Å². The molecule has 2 nitrogen and oxygen atoms in total. The highest BCUT2D eigenvalue weighted by atomic mass is 19.1. The van der Waals surface area contributed by atoms with Crippen LogP contribution >= 0.6 is 0 Å². The molecule has 0 bridgehead atoms. The Kier molecular flexibility index (Phi) is 4.53. The molecule has 0 aromatic heterocycles. The van der Waals surface area contributed by atoms with Gasteiger partial charge in [-0.05, 0) is 37.5 Å². The van der Waals surface area contributed by atoms with E-state index in [1.165, 1.54) is 18.6 Å². The van der Waals surface area contributed by atoms with E-state index < -0.39 is 17.2 Å². The van der Waals surface area contributed by atoms with Crippen molar-refractivity contribution in [2.24, 2.45) is 0 Å². The van der Waals surface area contributed by atoms with Crippen molar-refractivity contribution >= 4 is 0 Å². The van der Waals surface area contributed by atoms with E-state index in [4.69, 9.17) is 0 Å². The van der Waals surface area contributed by atoms with E-state index >= 15 is 0 Å². The van der Waals surface area contributed by atoms with Gasteiger partial charge in [-0.15, -0.1) is 0 Å². The Morgan fingerprint density at radius 1 is 1.16 bits per heavy atom. The molecule has 1 aliphatic rings. The Hall–Kier alpha value is -1.00. The SMILES string of the molecule is CC(NCC1(O)CCCCC1)c1cc(F)cc(F)c1. The lowest BCUT2D eigenvalue weighted by atomic mass is 9.84. The molecule has 106 valence electrons. The fourth-order valence-electron chi connectivity index (χ4n) is 2.67. The molecule has 0 aliphatic heterocycles. The van der Waals surface area contributed by atoms with E-state index in [9.17, 15) is 13.9 Å². The zero-order valence-corrected chi connectivity index (χ0v) is 11.3. The molecule has 1 unspecified atom stereocenters. The van der Waals surface area contributed by atoms with Crippen LogP contribution in [0.1, 0.15) is 50.6 Å². The number of hydrogen-bond donors (Lipinski definition) is 2. The third-order valence-corrected chi connectivity index (χ3v) is 3.91. The van der Waals surface area contributed by atoms with Gasteiger partial charge in [-0.1, -0.05) is 19.3 Å². The van der Waals surface area contributed by atoms with Crippen LogP contribution in [0, 0.1) is 11.6 Å². The highest BCUT2D eigenvalue weighted by molar-refractivity contribution is 5.21. The second kappa shape index (κ2) is 5.97. The van der Waals surface area contributed by atoms with Gasteiger partial charge in [0.2, 0.25) is 0 Å². The minimum Gasteiger partial charge on any atom is -0.389 e. The fraction of sp³-hybridized carbons (Fsp3) is 0.600. The van der Waals surface area contributed by atoms with Crippen LogP contribution in [-0.4, -0.2) is 17.3 Å². The number of hydrogen-bond acceptors (Lipinski definition) is 2. The molecular formula is C15H21F2NO. The van der Waals surface area contributed by atoms with Crippen molar-refractivity contribution < 1.29 is 13.9 Å². The molecular weight excluding hydrogens is 248 g/mol. The second-order valence-corrected chi connectivity index (χ2v) is 5.59. The molecule has 0 heterocycles. The Bertz CT molecular complexity index is 410. The third kappa shape index (κ3) is 3.98. The van der Waals surface area contributed by atoms with Gasteiger partial charge in [-0.25, -0.2) is 8.78 Å². The van der Waals surface area contributed by atoms with Crippen molar-refractivity contribution in [3.8, 4) is 0 Å². The third-order valence-electron chi connectivity index (χ3n) is 3.91. The Morgan fingerprint density at radius 2 is 1.74 bits per heavy atom. The maximum absolute atomic E-state index is 13.1. The first-order valence-electron chi connectivity index (χ1n) is 6.90. The average Bonchev–Trinajstić information content (AvgIpc) is 2.36. The predicted molar refractivity (Wildman–Crippen MR) is 70.8 cm³/mol. The van der Waals surface area contributed by atoms with E-state index in [1.807, 2.05) is 6.92 Å². The number of benzene rings is 1. The standard InChI is InChI=1S/C15H21F2NO/c1-11(12-7-13(16)9-14(17)8-12)18-10-15(19)5-3-2-4-6-15/h7-9,11,18-19H,2-6,10H2,1H3. The number of aliphatic hydroxyl groups is 1. The molecule has 1 fully saturated rings. The normalized spacial score (nSPS) is 20.2. The number of nitrogens with one attached hydrogen (secondary N) is 1. The zero-order chi connectivity index (χ0) is 13.9. The molecule has 2 rings (SSSR count). The smallest absolute Gasteiger partial charge is 0.126 e. The van der Waals surface area contributed by atoms with E-state index in [1.54, 1.807) is 0 Å². The van der Waals surface area contributed by atoms with Crippen molar-refractivity contribution in [2.45, 2.75) is 50.7 Å². The predicted octanol–water partition coefficient (Wildman–Crippen LogP) is 3.31. The molecule has 1 aromatic carbocycles. The molecule has 2 N–H and O–H groups in total. The molecule has 0 amide bonds. The summed E-state index contributed by atoms with van der Waals surface area (Å²) in [6.07, 6.45) is 4.85. The Labute approximate surface area is 112 Å². The minimum absolute atomic E-state index is 0.184. The molecule has 4 heteroatoms. The second-order valence-electron chi connectivity index (χ2n) is 5.59. The summed E-state index contributed by atoms with van der Waals surface area (Å²) in [6, 6.07) is 3.33. The topological polar surface area (TPSA) is 32.3 Å². The van der Waals surface area contributed by atoms with E-state index in [0.29, 0.717) is 12.1 Å². The summed E-state index contributed by atoms with van der Waals surface area (Å²) in [6.45, 7) is 2.31. The average molecular weight is 269 g/mol. The highest BCUT2D eigenvalue weighted by Gasteiger charge is 2.29. The van der Waals surface area contributed by atoms with Gasteiger partial charge in [0.25, 0.3) is 0 Å². The van der Waals surface area contributed by atoms with Gasteiger partial charge in [-0.3, -0.25) is 0 Å². The van der Waals surface area contributed by atoms with Gasteiger partial charge in [0.05, 0.1) is 5.60 Å². The lowest BCUT2D eigenvalue weighted by Crippen LogP contribution is -2.42. The molecule has 1 atom stereocenters. The van der Waals surface area contributed by atoms with E-state index in [2.05, 4.69) is 5.32 Å². The van der Waals surface area contributed by atoms with Gasteiger partial charge in [-0.2, -0.15) is 0 Å². The zero-order valence-electron chi connectivity index (χ0n) is 11.3. The molecule has 0 saturated heterocycles. The molecule has 1 aliphatic carbocycles. The summed E-state index contributed by atoms with van der Waals surface area (Å²) in [4.78, 5) is 0. The first-order chi connectivity index (χ1) is 8.98. The van der Waals surface area contributed by atoms with E-state index in [-0.39, 0.29) is 6.04 Å². The van der Waals surface area contributed by atoms with Gasteiger partial charge >= 0.3 is 0 Å². The summed E-state index contributed by atoms with van der Waals surface area (Å²) in [5.74, 6) is -1.14. The van der Waals surface area contributed by atoms with Gasteiger partial charge < -0.3 is 10.4 Å². The van der Waals surface area contributed by atoms with Crippen LogP contribution in [0.2, 0.25) is 0 Å². The quantitative estimate of drug-likeness (QED) is 0.879. The molecule has 1 aromatic rings. The minimum atomic E-state index is -0.668. The maximum Gasteiger partial charge on any atom is 0.126 e. The van der Waals surface area contributed by atoms with Crippen molar-refractivity contribution in [3.05, 3.63) is 35.4 Å². The number of halogens is 2. The highest BCUT2D eigenvalue weighted by Crippen LogP contribution is 2.28. The Balaban J connectivity index is 1.95. The van der Waals surface area contributed by atoms with E-state index in [0.717, 1.165) is 31.7 Å². The van der Waals surface area contributed by atoms with Crippen molar-refractivity contribution in [1.82, 2.24) is 5.32 Å². The first kappa shape index (κ1) is 14.4. The lowest BCUT2D eigenvalue weighted by Gasteiger charge is -2.33. The van der Waals surface area contributed by atoms with Crippen LogP contribution in [-0.2, 0) is 0 Å². The Morgan fingerprint density at radius 3 is 2.32 bits per heavy atom. The molecule has 1 saturated carbocycles. The van der Waals surface area contributed by atoms with Crippen molar-refractivity contribution in [3.63, 3.8) is 0 Å². The molecule has 0 radical (unpaired) electrons. The van der Waals surface area contributed by atoms with Crippen LogP contribution < -0.4 is 5.32 Å². The maximum atomic E-state index is 13.1. The fourth-order valence-corrected chi connectivity index (χ4v) is 2.67. The molecule has 0 spiro atoms. The monoisotopic (exact) mass is 269 g/mol. The van der Waals surface area contributed by atoms with Crippen LogP contribution in [0.4, 0.5) is 8.78 Å². The summed E-state index contributed by atoms with van der Waals surface area (Å²) < 4.78 is 26.3. The van der Waals surface area contributed by atoms with Gasteiger partial charge in [0.15, 0.2) is 0 Å². The van der Waals surface area contributed by atoms with Crippen molar-refractivity contribution in [1.29, 1.82) is 0 Å². The van der Waals surface area contributed by atoms with Gasteiger partial charge in [0, 0.05) is 18.7 Å².